The van der Waals surface area contributed by atoms with Gasteiger partial charge >= 0.3 is 0 Å². The van der Waals surface area contributed by atoms with Crippen LogP contribution in [0.25, 0.3) is 111 Å². The highest BCUT2D eigenvalue weighted by Gasteiger charge is 2.37. The van der Waals surface area contributed by atoms with Gasteiger partial charge in [-0.05, 0) is 128 Å². The van der Waals surface area contributed by atoms with E-state index in [1.54, 1.807) is 60.7 Å². The van der Waals surface area contributed by atoms with Crippen LogP contribution in [0.3, 0.4) is 0 Å². The Bertz CT molecular complexity index is 4290. The molecule has 332 valence electrons. The van der Waals surface area contributed by atoms with Gasteiger partial charge in [0.2, 0.25) is 19.7 Å². The van der Waals surface area contributed by atoms with Crippen LogP contribution in [-0.2, 0) is 19.7 Å². The number of hydrogen-bond donors (Lipinski definition) is 0. The highest BCUT2D eigenvalue weighted by Crippen LogP contribution is 2.56. The quantitative estimate of drug-likeness (QED) is 0.168. The van der Waals surface area contributed by atoms with E-state index in [9.17, 15) is 16.8 Å². The Labute approximate surface area is 400 Å². The number of para-hydroxylation sites is 6. The second kappa shape index (κ2) is 13.9. The average Bonchev–Trinajstić information content (AvgIpc) is 3.97. The summed E-state index contributed by atoms with van der Waals surface area (Å²) in [7, 11) is -8.14. The third-order valence-corrected chi connectivity index (χ3v) is 17.7. The zero-order valence-corrected chi connectivity index (χ0v) is 38.2. The van der Waals surface area contributed by atoms with Crippen LogP contribution >= 0.6 is 0 Å². The van der Waals surface area contributed by atoms with E-state index in [0.29, 0.717) is 33.4 Å². The summed E-state index contributed by atoms with van der Waals surface area (Å²) in [5.41, 5.74) is 11.8. The van der Waals surface area contributed by atoms with E-state index in [1.807, 2.05) is 121 Å². The minimum atomic E-state index is -4.07. The Kier molecular flexibility index (Phi) is 7.83. The Balaban J connectivity index is 1.06. The second-order valence-corrected chi connectivity index (χ2v) is 21.6. The molecule has 0 saturated heterocycles. The monoisotopic (exact) mass is 944 g/mol. The lowest BCUT2D eigenvalue weighted by Gasteiger charge is -2.29. The van der Waals surface area contributed by atoms with E-state index in [2.05, 4.69) is 12.1 Å². The van der Waals surface area contributed by atoms with Crippen LogP contribution in [0.2, 0.25) is 0 Å². The molecule has 12 aromatic rings. The molecule has 4 heterocycles. The van der Waals surface area contributed by atoms with Gasteiger partial charge in [-0.3, -0.25) is 0 Å². The number of hydrogen-bond acceptors (Lipinski definition) is 8. The molecule has 1 aliphatic carbocycles. The van der Waals surface area contributed by atoms with E-state index >= 15 is 0 Å². The minimum Gasteiger partial charge on any atom is -0.455 e. The molecule has 3 aliphatic rings. The lowest BCUT2D eigenvalue weighted by molar-refractivity contribution is 0.442. The standard InChI is InChI=1S/C60H32O8S2/c61-69(62)55-21-7-5-19-51(55)66-54-30-46-38-26-24-34(36-14-10-16-42-40-12-2-4-18-50(40)68-60(36)42)28-44(38)48-32-58-53(65-52-20-6-8-22-56(52)70(58,63)64)29-45(48)37-25-23-33(27-43(37)47(46)31-57(54)69)35-13-9-15-41-39-11-1-3-17-49(39)67-59(35)41/h1-32H. The van der Waals surface area contributed by atoms with Crippen molar-refractivity contribution in [1.82, 2.24) is 0 Å². The van der Waals surface area contributed by atoms with Gasteiger partial charge in [-0.25, -0.2) is 16.8 Å². The first-order valence-electron chi connectivity index (χ1n) is 22.7. The normalized spacial score (nSPS) is 14.4. The number of rotatable bonds is 2. The van der Waals surface area contributed by atoms with Gasteiger partial charge in [0.15, 0.2) is 0 Å². The molecule has 0 spiro atoms. The molecule has 0 amide bonds. The molecule has 0 radical (unpaired) electrons. The summed E-state index contributed by atoms with van der Waals surface area (Å²) in [6.07, 6.45) is 0. The molecular weight excluding hydrogens is 913 g/mol. The van der Waals surface area contributed by atoms with Crippen molar-refractivity contribution in [3.8, 4) is 89.8 Å². The summed E-state index contributed by atoms with van der Waals surface area (Å²) < 4.78 is 85.0. The lowest BCUT2D eigenvalue weighted by atomic mass is 9.79. The topological polar surface area (TPSA) is 113 Å². The zero-order chi connectivity index (χ0) is 46.6. The first kappa shape index (κ1) is 39.3. The highest BCUT2D eigenvalue weighted by atomic mass is 32.2. The van der Waals surface area contributed by atoms with E-state index in [-0.39, 0.29) is 42.6 Å². The summed E-state index contributed by atoms with van der Waals surface area (Å²) in [6.45, 7) is 0. The smallest absolute Gasteiger partial charge is 0.213 e. The van der Waals surface area contributed by atoms with Crippen molar-refractivity contribution in [2.45, 2.75) is 19.6 Å². The molecule has 0 bridgehead atoms. The maximum absolute atomic E-state index is 14.7. The van der Waals surface area contributed by atoms with Crippen molar-refractivity contribution in [3.05, 3.63) is 194 Å². The van der Waals surface area contributed by atoms with E-state index in [1.165, 1.54) is 0 Å². The van der Waals surface area contributed by atoms with Gasteiger partial charge in [0.1, 0.15) is 64.9 Å². The van der Waals surface area contributed by atoms with Crippen LogP contribution in [0.15, 0.2) is 223 Å². The summed E-state index contributed by atoms with van der Waals surface area (Å²) >= 11 is 0. The molecule has 8 nitrogen and oxygen atoms in total. The van der Waals surface area contributed by atoms with Crippen molar-refractivity contribution in [1.29, 1.82) is 0 Å². The first-order valence-corrected chi connectivity index (χ1v) is 25.7. The Morgan fingerprint density at radius 3 is 1.13 bits per heavy atom. The molecule has 0 N–H and O–H groups in total. The summed E-state index contributed by atoms with van der Waals surface area (Å²) in [4.78, 5) is 0.235. The number of benzene rings is 10. The van der Waals surface area contributed by atoms with E-state index in [4.69, 9.17) is 18.3 Å². The van der Waals surface area contributed by atoms with Gasteiger partial charge in [0.25, 0.3) is 0 Å². The highest BCUT2D eigenvalue weighted by molar-refractivity contribution is 7.92. The van der Waals surface area contributed by atoms with Crippen LogP contribution in [0.4, 0.5) is 0 Å². The lowest BCUT2D eigenvalue weighted by Crippen LogP contribution is -2.13. The molecule has 0 atom stereocenters. The van der Waals surface area contributed by atoms with Crippen LogP contribution in [0, 0.1) is 0 Å². The molecular formula is C60H32O8S2. The van der Waals surface area contributed by atoms with Crippen LogP contribution in [0.5, 0.6) is 23.0 Å². The van der Waals surface area contributed by atoms with Crippen molar-refractivity contribution < 1.29 is 35.1 Å². The molecule has 10 aromatic carbocycles. The SMILES string of the molecule is O=S1(=O)c2ccccc2Oc2cc3c(cc21)-c1cc(-c2cccc4c2oc2ccccc24)ccc1-c1cc2c(cc1-c1cc(-c4cccc5c4oc4ccccc45)ccc1-3)S(=O)(=O)c1ccccc1O2. The van der Waals surface area contributed by atoms with E-state index in [0.717, 1.165) is 77.3 Å². The summed E-state index contributed by atoms with van der Waals surface area (Å²) in [6, 6.07) is 60.7. The molecule has 15 rings (SSSR count). The largest absolute Gasteiger partial charge is 0.455 e. The third kappa shape index (κ3) is 5.39. The summed E-state index contributed by atoms with van der Waals surface area (Å²) in [5.74, 6) is 0.838. The third-order valence-electron chi connectivity index (χ3n) is 14.1. The first-order chi connectivity index (χ1) is 34.2. The molecule has 2 aliphatic heterocycles. The minimum absolute atomic E-state index is 0.0349. The van der Waals surface area contributed by atoms with Crippen LogP contribution < -0.4 is 9.47 Å². The number of furan rings is 2. The van der Waals surface area contributed by atoms with Gasteiger partial charge in [0.05, 0.1) is 0 Å². The van der Waals surface area contributed by atoms with Gasteiger partial charge in [-0.1, -0.05) is 121 Å². The van der Waals surface area contributed by atoms with Gasteiger partial charge < -0.3 is 18.3 Å². The van der Waals surface area contributed by atoms with Crippen molar-refractivity contribution in [2.24, 2.45) is 0 Å². The van der Waals surface area contributed by atoms with Crippen molar-refractivity contribution >= 4 is 63.6 Å². The van der Waals surface area contributed by atoms with Crippen LogP contribution in [0.1, 0.15) is 0 Å². The summed E-state index contributed by atoms with van der Waals surface area (Å²) in [5, 5.41) is 3.93. The molecule has 2 aromatic heterocycles. The Morgan fingerprint density at radius 2 is 0.657 bits per heavy atom. The molecule has 0 fully saturated rings. The number of fused-ring (bicyclic) bond motifs is 18. The zero-order valence-electron chi connectivity index (χ0n) is 36.6. The average molecular weight is 945 g/mol. The van der Waals surface area contributed by atoms with Gasteiger partial charge in [0, 0.05) is 32.7 Å². The van der Waals surface area contributed by atoms with E-state index < -0.39 is 19.7 Å². The van der Waals surface area contributed by atoms with Gasteiger partial charge in [-0.15, -0.1) is 0 Å². The fourth-order valence-corrected chi connectivity index (χ4v) is 13.9. The molecule has 0 saturated carbocycles. The maximum atomic E-state index is 14.7. The predicted molar refractivity (Wildman–Crippen MR) is 271 cm³/mol. The Morgan fingerprint density at radius 1 is 0.271 bits per heavy atom. The van der Waals surface area contributed by atoms with Crippen molar-refractivity contribution in [3.63, 3.8) is 0 Å². The fourth-order valence-electron chi connectivity index (χ4n) is 10.9. The molecule has 10 heteroatoms. The fraction of sp³-hybridized carbons (Fsp3) is 0. The van der Waals surface area contributed by atoms with Crippen LogP contribution in [-0.4, -0.2) is 16.8 Å². The van der Waals surface area contributed by atoms with Crippen molar-refractivity contribution in [2.75, 3.05) is 0 Å². The second-order valence-electron chi connectivity index (χ2n) is 17.9. The predicted octanol–water partition coefficient (Wildman–Crippen LogP) is 15.7. The Hall–Kier alpha value is -8.70. The number of sulfone groups is 2. The molecule has 70 heavy (non-hydrogen) atoms. The van der Waals surface area contributed by atoms with Gasteiger partial charge in [-0.2, -0.15) is 0 Å². The number of ether oxygens (including phenoxy) is 2. The molecule has 0 unspecified atom stereocenters. The maximum Gasteiger partial charge on any atom is 0.213 e.